The number of nitrogens with one attached hydrogen (secondary N) is 2. The van der Waals surface area contributed by atoms with Gasteiger partial charge in [-0.05, 0) is 55.3 Å². The molecule has 0 saturated carbocycles. The second kappa shape index (κ2) is 7.03. The number of nitrogens with zero attached hydrogens (tertiary/aromatic N) is 3. The van der Waals surface area contributed by atoms with Crippen LogP contribution < -0.4 is 10.6 Å². The summed E-state index contributed by atoms with van der Waals surface area (Å²) in [5, 5.41) is 15.2. The first-order valence-corrected chi connectivity index (χ1v) is 8.02. The molecule has 3 rings (SSSR count). The highest BCUT2D eigenvalue weighted by atomic mass is 35.5. The van der Waals surface area contributed by atoms with Crippen LogP contribution in [0.1, 0.15) is 11.1 Å². The molecular formula is C17H15Cl2N5. The van der Waals surface area contributed by atoms with Crippen LogP contribution in [0.15, 0.2) is 42.6 Å². The predicted octanol–water partition coefficient (Wildman–Crippen LogP) is 5.28. The van der Waals surface area contributed by atoms with Crippen LogP contribution in [0.25, 0.3) is 0 Å². The minimum Gasteiger partial charge on any atom is -0.339 e. The topological polar surface area (TPSA) is 62.7 Å². The van der Waals surface area contributed by atoms with Gasteiger partial charge in [-0.1, -0.05) is 29.3 Å². The average Bonchev–Trinajstić information content (AvgIpc) is 2.49. The van der Waals surface area contributed by atoms with Crippen LogP contribution in [-0.4, -0.2) is 15.2 Å². The smallest absolute Gasteiger partial charge is 0.249 e. The molecule has 0 amide bonds. The van der Waals surface area contributed by atoms with Gasteiger partial charge in [0.2, 0.25) is 5.95 Å². The van der Waals surface area contributed by atoms with Gasteiger partial charge < -0.3 is 10.6 Å². The van der Waals surface area contributed by atoms with E-state index in [4.69, 9.17) is 23.2 Å². The number of aromatic nitrogens is 3. The number of aryl methyl sites for hydroxylation is 2. The summed E-state index contributed by atoms with van der Waals surface area (Å²) < 4.78 is 0. The molecule has 0 aliphatic rings. The van der Waals surface area contributed by atoms with Gasteiger partial charge in [0.25, 0.3) is 0 Å². The summed E-state index contributed by atoms with van der Waals surface area (Å²) in [5.41, 5.74) is 3.95. The molecule has 0 aliphatic heterocycles. The van der Waals surface area contributed by atoms with Crippen LogP contribution >= 0.6 is 23.2 Å². The first-order chi connectivity index (χ1) is 11.5. The lowest BCUT2D eigenvalue weighted by Crippen LogP contribution is -2.03. The Kier molecular flexibility index (Phi) is 4.83. The first-order valence-electron chi connectivity index (χ1n) is 7.27. The Morgan fingerprint density at radius 2 is 1.67 bits per heavy atom. The molecule has 2 aromatic carbocycles. The maximum atomic E-state index is 6.15. The minimum atomic E-state index is 0.341. The highest BCUT2D eigenvalue weighted by Crippen LogP contribution is 2.27. The van der Waals surface area contributed by atoms with Gasteiger partial charge in [0.15, 0.2) is 5.82 Å². The summed E-state index contributed by atoms with van der Waals surface area (Å²) in [6.45, 7) is 4.10. The summed E-state index contributed by atoms with van der Waals surface area (Å²) in [4.78, 5) is 4.40. The van der Waals surface area contributed by atoms with Gasteiger partial charge in [0, 0.05) is 10.7 Å². The Bertz CT molecular complexity index is 862. The van der Waals surface area contributed by atoms with Crippen molar-refractivity contribution in [1.29, 1.82) is 0 Å². The number of anilines is 4. The molecule has 0 fully saturated rings. The normalized spacial score (nSPS) is 10.5. The number of benzene rings is 2. The molecule has 0 atom stereocenters. The molecule has 7 heteroatoms. The van der Waals surface area contributed by atoms with Crippen LogP contribution in [0, 0.1) is 13.8 Å². The number of rotatable bonds is 4. The van der Waals surface area contributed by atoms with E-state index in [1.807, 2.05) is 26.0 Å². The molecule has 3 aromatic rings. The fourth-order valence-corrected chi connectivity index (χ4v) is 2.78. The van der Waals surface area contributed by atoms with Gasteiger partial charge in [-0.3, -0.25) is 0 Å². The van der Waals surface area contributed by atoms with Crippen molar-refractivity contribution in [2.24, 2.45) is 0 Å². The van der Waals surface area contributed by atoms with Crippen molar-refractivity contribution < 1.29 is 0 Å². The summed E-state index contributed by atoms with van der Waals surface area (Å²) in [6.07, 6.45) is 1.56. The van der Waals surface area contributed by atoms with Crippen LogP contribution in [0.2, 0.25) is 10.0 Å². The highest BCUT2D eigenvalue weighted by Gasteiger charge is 2.06. The third-order valence-electron chi connectivity index (χ3n) is 3.23. The third kappa shape index (κ3) is 4.13. The zero-order chi connectivity index (χ0) is 17.1. The van der Waals surface area contributed by atoms with Gasteiger partial charge in [-0.15, -0.1) is 5.10 Å². The lowest BCUT2D eigenvalue weighted by Gasteiger charge is -2.10. The maximum absolute atomic E-state index is 6.15. The van der Waals surface area contributed by atoms with E-state index < -0.39 is 0 Å². The lowest BCUT2D eigenvalue weighted by molar-refractivity contribution is 0.982. The molecule has 0 spiro atoms. The first kappa shape index (κ1) is 16.5. The molecule has 0 saturated heterocycles. The second-order valence-electron chi connectivity index (χ2n) is 5.42. The zero-order valence-corrected chi connectivity index (χ0v) is 14.7. The highest BCUT2D eigenvalue weighted by molar-refractivity contribution is 6.36. The van der Waals surface area contributed by atoms with Crippen LogP contribution in [0.5, 0.6) is 0 Å². The Hall–Kier alpha value is -2.37. The van der Waals surface area contributed by atoms with E-state index in [2.05, 4.69) is 31.9 Å². The van der Waals surface area contributed by atoms with Gasteiger partial charge in [-0.25, -0.2) is 0 Å². The Balaban J connectivity index is 1.81. The SMILES string of the molecule is Cc1cc(C)cc(Nc2cnnc(Nc3ccc(Cl)cc3Cl)n2)c1. The standard InChI is InChI=1S/C17H15Cl2N5/c1-10-5-11(2)7-13(6-10)21-16-9-20-24-17(23-16)22-15-4-3-12(18)8-14(15)19/h3-9H,1-2H3,(H2,21,22,23,24). The molecule has 5 nitrogen and oxygen atoms in total. The number of hydrogen-bond acceptors (Lipinski definition) is 5. The summed E-state index contributed by atoms with van der Waals surface area (Å²) in [7, 11) is 0. The lowest BCUT2D eigenvalue weighted by atomic mass is 10.1. The van der Waals surface area contributed by atoms with E-state index in [1.165, 1.54) is 11.1 Å². The Morgan fingerprint density at radius 3 is 2.38 bits per heavy atom. The van der Waals surface area contributed by atoms with Crippen LogP contribution in [0.4, 0.5) is 23.1 Å². The Morgan fingerprint density at radius 1 is 0.917 bits per heavy atom. The molecule has 0 bridgehead atoms. The van der Waals surface area contributed by atoms with Gasteiger partial charge in [-0.2, -0.15) is 10.1 Å². The van der Waals surface area contributed by atoms with Crippen molar-refractivity contribution in [2.45, 2.75) is 13.8 Å². The van der Waals surface area contributed by atoms with Crippen LogP contribution in [-0.2, 0) is 0 Å². The van der Waals surface area contributed by atoms with Crippen molar-refractivity contribution in [1.82, 2.24) is 15.2 Å². The summed E-state index contributed by atoms with van der Waals surface area (Å²) >= 11 is 12.0. The van der Waals surface area contributed by atoms with E-state index in [1.54, 1.807) is 24.4 Å². The second-order valence-corrected chi connectivity index (χ2v) is 6.26. The zero-order valence-electron chi connectivity index (χ0n) is 13.1. The van der Waals surface area contributed by atoms with E-state index in [0.29, 0.717) is 27.5 Å². The predicted molar refractivity (Wildman–Crippen MR) is 98.8 cm³/mol. The summed E-state index contributed by atoms with van der Waals surface area (Å²) in [6, 6.07) is 11.3. The monoisotopic (exact) mass is 359 g/mol. The molecule has 24 heavy (non-hydrogen) atoms. The van der Waals surface area contributed by atoms with Crippen LogP contribution in [0.3, 0.4) is 0 Å². The van der Waals surface area contributed by atoms with Crippen molar-refractivity contribution in [3.63, 3.8) is 0 Å². The third-order valence-corrected chi connectivity index (χ3v) is 3.78. The Labute approximate surface area is 150 Å². The van der Waals surface area contributed by atoms with Crippen molar-refractivity contribution in [3.05, 3.63) is 63.8 Å². The largest absolute Gasteiger partial charge is 0.339 e. The molecule has 1 aromatic heterocycles. The number of halogens is 2. The van der Waals surface area contributed by atoms with E-state index in [-0.39, 0.29) is 0 Å². The fraction of sp³-hybridized carbons (Fsp3) is 0.118. The molecular weight excluding hydrogens is 345 g/mol. The quantitative estimate of drug-likeness (QED) is 0.663. The molecule has 2 N–H and O–H groups in total. The molecule has 0 aliphatic carbocycles. The number of hydrogen-bond donors (Lipinski definition) is 2. The van der Waals surface area contributed by atoms with E-state index in [0.717, 1.165) is 5.69 Å². The fourth-order valence-electron chi connectivity index (χ4n) is 2.32. The molecule has 0 unspecified atom stereocenters. The molecule has 0 radical (unpaired) electrons. The van der Waals surface area contributed by atoms with Gasteiger partial charge in [0.1, 0.15) is 0 Å². The minimum absolute atomic E-state index is 0.341. The van der Waals surface area contributed by atoms with Crippen molar-refractivity contribution >= 4 is 46.3 Å². The van der Waals surface area contributed by atoms with E-state index >= 15 is 0 Å². The average molecular weight is 360 g/mol. The van der Waals surface area contributed by atoms with E-state index in [9.17, 15) is 0 Å². The van der Waals surface area contributed by atoms with Gasteiger partial charge in [0.05, 0.1) is 16.9 Å². The molecule has 1 heterocycles. The van der Waals surface area contributed by atoms with Gasteiger partial charge >= 0.3 is 0 Å². The molecule has 122 valence electrons. The van der Waals surface area contributed by atoms with Crippen molar-refractivity contribution in [3.8, 4) is 0 Å². The van der Waals surface area contributed by atoms with Crippen molar-refractivity contribution in [2.75, 3.05) is 10.6 Å². The maximum Gasteiger partial charge on any atom is 0.249 e. The summed E-state index contributed by atoms with van der Waals surface area (Å²) in [5.74, 6) is 0.927.